The van der Waals surface area contributed by atoms with E-state index in [0.717, 1.165) is 44.5 Å². The van der Waals surface area contributed by atoms with Crippen molar-refractivity contribution in [3.05, 3.63) is 17.5 Å². The number of hydrogen-bond acceptors (Lipinski definition) is 3. The van der Waals surface area contributed by atoms with Crippen LogP contribution in [0.15, 0.2) is 6.07 Å². The summed E-state index contributed by atoms with van der Waals surface area (Å²) < 4.78 is 0. The monoisotopic (exact) mass is 332 g/mol. The molecule has 2 fully saturated rings. The second-order valence-electron chi connectivity index (χ2n) is 7.65. The van der Waals surface area contributed by atoms with Gasteiger partial charge in [-0.25, -0.2) is 0 Å². The molecule has 6 nitrogen and oxygen atoms in total. The third-order valence-electron chi connectivity index (χ3n) is 5.73. The zero-order valence-electron chi connectivity index (χ0n) is 15.1. The van der Waals surface area contributed by atoms with Gasteiger partial charge in [0.25, 0.3) is 5.91 Å². The van der Waals surface area contributed by atoms with Crippen LogP contribution in [0.1, 0.15) is 75.5 Å². The van der Waals surface area contributed by atoms with Crippen LogP contribution < -0.4 is 0 Å². The summed E-state index contributed by atoms with van der Waals surface area (Å²) in [4.78, 5) is 29.1. The molecule has 2 amide bonds. The molecule has 0 radical (unpaired) electrons. The van der Waals surface area contributed by atoms with Gasteiger partial charge in [-0.15, -0.1) is 0 Å². The molecule has 3 rings (SSSR count). The van der Waals surface area contributed by atoms with Crippen LogP contribution in [0.3, 0.4) is 0 Å². The predicted molar refractivity (Wildman–Crippen MR) is 91.8 cm³/mol. The van der Waals surface area contributed by atoms with Crippen LogP contribution in [0.4, 0.5) is 0 Å². The van der Waals surface area contributed by atoms with Crippen molar-refractivity contribution in [2.45, 2.75) is 70.9 Å². The Morgan fingerprint density at radius 2 is 2.08 bits per heavy atom. The molecule has 0 saturated carbocycles. The minimum Gasteiger partial charge on any atom is -0.335 e. The Morgan fingerprint density at radius 1 is 1.33 bits per heavy atom. The molecule has 2 aliphatic heterocycles. The maximum absolute atomic E-state index is 13.0. The quantitative estimate of drug-likeness (QED) is 0.905. The standard InChI is InChI=1S/C18H28N4O2/c1-12(2)14-11-15(20-19-14)17(24)21-9-6-8-18(4)16(21)7-5-10-22(18)13(3)23/h11-12,16H,5-10H2,1-4H3,(H,19,20)/t16-,18+/m1/s1. The van der Waals surface area contributed by atoms with Gasteiger partial charge in [0, 0.05) is 25.7 Å². The number of nitrogens with zero attached hydrogens (tertiary/aromatic N) is 3. The third-order valence-corrected chi connectivity index (χ3v) is 5.73. The number of fused-ring (bicyclic) bond motifs is 1. The molecular weight excluding hydrogens is 304 g/mol. The molecule has 0 aliphatic carbocycles. The fourth-order valence-corrected chi connectivity index (χ4v) is 4.39. The summed E-state index contributed by atoms with van der Waals surface area (Å²) >= 11 is 0. The highest BCUT2D eigenvalue weighted by atomic mass is 16.2. The van der Waals surface area contributed by atoms with Crippen LogP contribution in [-0.2, 0) is 4.79 Å². The van der Waals surface area contributed by atoms with Crippen molar-refractivity contribution >= 4 is 11.8 Å². The summed E-state index contributed by atoms with van der Waals surface area (Å²) in [6.07, 6.45) is 3.78. The van der Waals surface area contributed by atoms with E-state index in [0.29, 0.717) is 11.6 Å². The summed E-state index contributed by atoms with van der Waals surface area (Å²) in [5.74, 6) is 0.409. The van der Waals surface area contributed by atoms with E-state index < -0.39 is 0 Å². The molecule has 0 aromatic carbocycles. The number of rotatable bonds is 2. The van der Waals surface area contributed by atoms with Crippen LogP contribution >= 0.6 is 0 Å². The fraction of sp³-hybridized carbons (Fsp3) is 0.722. The van der Waals surface area contributed by atoms with Gasteiger partial charge < -0.3 is 9.80 Å². The third kappa shape index (κ3) is 2.72. The Hall–Kier alpha value is -1.85. The average Bonchev–Trinajstić information content (AvgIpc) is 3.02. The number of amides is 2. The molecule has 2 atom stereocenters. The molecule has 132 valence electrons. The van der Waals surface area contributed by atoms with Gasteiger partial charge in [0.2, 0.25) is 5.91 Å². The Balaban J connectivity index is 1.87. The van der Waals surface area contributed by atoms with E-state index in [4.69, 9.17) is 0 Å². The molecule has 3 heterocycles. The predicted octanol–water partition coefficient (Wildman–Crippen LogP) is 2.54. The van der Waals surface area contributed by atoms with Crippen molar-refractivity contribution in [1.29, 1.82) is 0 Å². The Bertz CT molecular complexity index is 639. The largest absolute Gasteiger partial charge is 0.335 e. The first-order chi connectivity index (χ1) is 11.3. The van der Waals surface area contributed by atoms with Gasteiger partial charge in [-0.05, 0) is 44.6 Å². The Morgan fingerprint density at radius 3 is 2.71 bits per heavy atom. The van der Waals surface area contributed by atoms with Gasteiger partial charge in [-0.2, -0.15) is 5.10 Å². The number of carbonyl (C=O) groups excluding carboxylic acids is 2. The number of aromatic amines is 1. The number of piperidine rings is 2. The van der Waals surface area contributed by atoms with Crippen molar-refractivity contribution in [3.8, 4) is 0 Å². The smallest absolute Gasteiger partial charge is 0.274 e. The van der Waals surface area contributed by atoms with Gasteiger partial charge >= 0.3 is 0 Å². The lowest BCUT2D eigenvalue weighted by atomic mass is 9.76. The van der Waals surface area contributed by atoms with Crippen molar-refractivity contribution in [2.24, 2.45) is 0 Å². The van der Waals surface area contributed by atoms with Crippen molar-refractivity contribution < 1.29 is 9.59 Å². The molecule has 2 aliphatic rings. The van der Waals surface area contributed by atoms with Crippen molar-refractivity contribution in [2.75, 3.05) is 13.1 Å². The normalized spacial score (nSPS) is 27.3. The van der Waals surface area contributed by atoms with Crippen LogP contribution in [0.25, 0.3) is 0 Å². The van der Waals surface area contributed by atoms with E-state index in [2.05, 4.69) is 31.0 Å². The number of carbonyl (C=O) groups is 2. The fourth-order valence-electron chi connectivity index (χ4n) is 4.39. The highest BCUT2D eigenvalue weighted by Gasteiger charge is 2.49. The van der Waals surface area contributed by atoms with Crippen LogP contribution in [0.2, 0.25) is 0 Å². The zero-order chi connectivity index (χ0) is 17.5. The second kappa shape index (κ2) is 6.22. The van der Waals surface area contributed by atoms with Crippen LogP contribution in [0, 0.1) is 0 Å². The molecule has 0 bridgehead atoms. The summed E-state index contributed by atoms with van der Waals surface area (Å²) in [5, 5.41) is 7.20. The van der Waals surface area contributed by atoms with E-state index in [9.17, 15) is 9.59 Å². The van der Waals surface area contributed by atoms with E-state index in [-0.39, 0.29) is 23.4 Å². The van der Waals surface area contributed by atoms with E-state index in [1.165, 1.54) is 0 Å². The minimum atomic E-state index is -0.255. The first-order valence-corrected chi connectivity index (χ1v) is 8.99. The maximum atomic E-state index is 13.0. The highest BCUT2D eigenvalue weighted by Crippen LogP contribution is 2.39. The van der Waals surface area contributed by atoms with Crippen LogP contribution in [-0.4, -0.2) is 56.5 Å². The average molecular weight is 332 g/mol. The topological polar surface area (TPSA) is 69.3 Å². The molecule has 24 heavy (non-hydrogen) atoms. The Kier molecular flexibility index (Phi) is 4.40. The first kappa shape index (κ1) is 17.0. The maximum Gasteiger partial charge on any atom is 0.274 e. The number of nitrogens with one attached hydrogen (secondary N) is 1. The molecule has 6 heteroatoms. The summed E-state index contributed by atoms with van der Waals surface area (Å²) in [6, 6.07) is 1.94. The summed E-state index contributed by atoms with van der Waals surface area (Å²) in [5.41, 5.74) is 1.21. The van der Waals surface area contributed by atoms with Gasteiger partial charge in [0.1, 0.15) is 5.69 Å². The van der Waals surface area contributed by atoms with Gasteiger partial charge in [0.05, 0.1) is 11.6 Å². The second-order valence-corrected chi connectivity index (χ2v) is 7.65. The first-order valence-electron chi connectivity index (χ1n) is 8.99. The van der Waals surface area contributed by atoms with Gasteiger partial charge in [-0.1, -0.05) is 13.8 Å². The summed E-state index contributed by atoms with van der Waals surface area (Å²) in [6.45, 7) is 9.47. The minimum absolute atomic E-state index is 0.0144. The zero-order valence-corrected chi connectivity index (χ0v) is 15.1. The molecule has 1 N–H and O–H groups in total. The molecule has 1 aromatic rings. The lowest BCUT2D eigenvalue weighted by molar-refractivity contribution is -0.143. The van der Waals surface area contributed by atoms with E-state index in [1.54, 1.807) is 6.92 Å². The Labute approximate surface area is 143 Å². The number of likely N-dealkylation sites (tertiary alicyclic amines) is 2. The lowest BCUT2D eigenvalue weighted by Crippen LogP contribution is -2.68. The van der Waals surface area contributed by atoms with Gasteiger partial charge in [-0.3, -0.25) is 14.7 Å². The molecule has 1 aromatic heterocycles. The number of hydrogen-bond donors (Lipinski definition) is 1. The van der Waals surface area contributed by atoms with E-state index in [1.807, 2.05) is 15.9 Å². The van der Waals surface area contributed by atoms with Gasteiger partial charge in [0.15, 0.2) is 0 Å². The lowest BCUT2D eigenvalue weighted by Gasteiger charge is -2.56. The molecule has 2 saturated heterocycles. The molecular formula is C18H28N4O2. The number of H-pyrrole nitrogens is 1. The van der Waals surface area contributed by atoms with E-state index >= 15 is 0 Å². The van der Waals surface area contributed by atoms with Crippen molar-refractivity contribution in [1.82, 2.24) is 20.0 Å². The molecule has 0 spiro atoms. The summed E-state index contributed by atoms with van der Waals surface area (Å²) in [7, 11) is 0. The number of aromatic nitrogens is 2. The highest BCUT2D eigenvalue weighted by molar-refractivity contribution is 5.93. The van der Waals surface area contributed by atoms with Crippen molar-refractivity contribution in [3.63, 3.8) is 0 Å². The van der Waals surface area contributed by atoms with Crippen LogP contribution in [0.5, 0.6) is 0 Å². The molecule has 0 unspecified atom stereocenters. The SMILES string of the molecule is CC(=O)N1CCC[C@H]2N(C(=O)c3cc(C(C)C)[nH]n3)CCC[C@@]21C.